The van der Waals surface area contributed by atoms with E-state index in [1.807, 2.05) is 6.07 Å². The third kappa shape index (κ3) is 0.960. The van der Waals surface area contributed by atoms with Gasteiger partial charge in [0, 0.05) is 0 Å². The molecule has 0 saturated heterocycles. The number of aliphatic imine (C=N–C) groups is 1. The van der Waals surface area contributed by atoms with E-state index in [1.165, 1.54) is 0 Å². The molecule has 1 aromatic carbocycles. The summed E-state index contributed by atoms with van der Waals surface area (Å²) in [5.74, 6) is 0.177. The number of hydrogen-bond acceptors (Lipinski definition) is 5. The molecule has 1 aliphatic rings. The number of hydrazine groups is 1. The molecule has 4 N–H and O–H groups in total. The highest BCUT2D eigenvalue weighted by atomic mass is 16.5. The molecule has 0 bridgehead atoms. The number of guanidine groups is 1. The van der Waals surface area contributed by atoms with E-state index in [9.17, 15) is 5.21 Å². The molecule has 0 unspecified atom stereocenters. The SMILES string of the molecule is NC1=Nc2ccccc2N(O)N1. The van der Waals surface area contributed by atoms with Crippen LogP contribution >= 0.6 is 0 Å². The first-order valence-electron chi connectivity index (χ1n) is 3.46. The zero-order valence-electron chi connectivity index (χ0n) is 6.23. The molecule has 0 fully saturated rings. The van der Waals surface area contributed by atoms with Gasteiger partial charge in [0.15, 0.2) is 0 Å². The molecule has 0 saturated carbocycles. The summed E-state index contributed by atoms with van der Waals surface area (Å²) >= 11 is 0. The van der Waals surface area contributed by atoms with Crippen LogP contribution in [-0.4, -0.2) is 11.2 Å². The van der Waals surface area contributed by atoms with Crippen LogP contribution in [0.2, 0.25) is 0 Å². The fraction of sp³-hybridized carbons (Fsp3) is 0. The van der Waals surface area contributed by atoms with Crippen LogP contribution in [0.25, 0.3) is 0 Å². The first-order chi connectivity index (χ1) is 5.77. The number of rotatable bonds is 0. The predicted molar refractivity (Wildman–Crippen MR) is 45.1 cm³/mol. The molecule has 5 heteroatoms. The topological polar surface area (TPSA) is 73.9 Å². The molecule has 2 rings (SSSR count). The molecule has 5 nitrogen and oxygen atoms in total. The normalized spacial score (nSPS) is 14.8. The lowest BCUT2D eigenvalue weighted by Crippen LogP contribution is -2.46. The van der Waals surface area contributed by atoms with Crippen LogP contribution < -0.4 is 16.3 Å². The Morgan fingerprint density at radius 3 is 3.00 bits per heavy atom. The van der Waals surface area contributed by atoms with E-state index >= 15 is 0 Å². The predicted octanol–water partition coefficient (Wildman–Crippen LogP) is 0.347. The first-order valence-corrected chi connectivity index (χ1v) is 3.46. The van der Waals surface area contributed by atoms with Gasteiger partial charge in [-0.3, -0.25) is 5.21 Å². The lowest BCUT2D eigenvalue weighted by Gasteiger charge is -2.23. The Labute approximate surface area is 69.1 Å². The summed E-state index contributed by atoms with van der Waals surface area (Å²) in [6.07, 6.45) is 0. The molecule has 1 aromatic rings. The Bertz CT molecular complexity index is 336. The van der Waals surface area contributed by atoms with Crippen LogP contribution in [0.15, 0.2) is 29.3 Å². The standard InChI is InChI=1S/C7H8N4O/c8-7-9-5-3-1-2-4-6(5)11(12)10-7/h1-4,12H,(H3,8,9,10). The number of para-hydroxylation sites is 2. The van der Waals surface area contributed by atoms with Gasteiger partial charge in [0.2, 0.25) is 5.96 Å². The molecule has 0 atom stereocenters. The number of hydrogen-bond donors (Lipinski definition) is 3. The van der Waals surface area contributed by atoms with Crippen molar-refractivity contribution in [3.8, 4) is 0 Å². The van der Waals surface area contributed by atoms with Crippen molar-refractivity contribution in [1.29, 1.82) is 0 Å². The highest BCUT2D eigenvalue weighted by Crippen LogP contribution is 2.27. The molecule has 12 heavy (non-hydrogen) atoms. The third-order valence-electron chi connectivity index (χ3n) is 1.57. The Hall–Kier alpha value is -1.75. The van der Waals surface area contributed by atoms with Crippen LogP contribution in [0, 0.1) is 0 Å². The van der Waals surface area contributed by atoms with Gasteiger partial charge in [-0.25, -0.2) is 10.4 Å². The van der Waals surface area contributed by atoms with Gasteiger partial charge in [-0.15, -0.1) is 0 Å². The van der Waals surface area contributed by atoms with Gasteiger partial charge in [0.05, 0.1) is 5.69 Å². The van der Waals surface area contributed by atoms with Crippen molar-refractivity contribution in [2.75, 3.05) is 5.17 Å². The lowest BCUT2D eigenvalue weighted by atomic mass is 10.2. The van der Waals surface area contributed by atoms with Gasteiger partial charge < -0.3 is 5.73 Å². The fourth-order valence-corrected chi connectivity index (χ4v) is 1.06. The number of benzene rings is 1. The van der Waals surface area contributed by atoms with Crippen molar-refractivity contribution in [2.45, 2.75) is 0 Å². The van der Waals surface area contributed by atoms with Gasteiger partial charge in [-0.2, -0.15) is 5.17 Å². The molecule has 0 amide bonds. The molecule has 1 heterocycles. The van der Waals surface area contributed by atoms with Crippen LogP contribution in [0.4, 0.5) is 11.4 Å². The maximum Gasteiger partial charge on any atom is 0.215 e. The molecule has 0 radical (unpaired) electrons. The van der Waals surface area contributed by atoms with Crippen molar-refractivity contribution >= 4 is 17.3 Å². The Morgan fingerprint density at radius 1 is 1.42 bits per heavy atom. The van der Waals surface area contributed by atoms with Crippen LogP contribution in [0.1, 0.15) is 0 Å². The Balaban J connectivity index is 2.55. The van der Waals surface area contributed by atoms with E-state index in [1.54, 1.807) is 18.2 Å². The van der Waals surface area contributed by atoms with E-state index in [2.05, 4.69) is 10.4 Å². The molecule has 1 aliphatic heterocycles. The second-order valence-electron chi connectivity index (χ2n) is 2.41. The largest absolute Gasteiger partial charge is 0.368 e. The van der Waals surface area contributed by atoms with Crippen molar-refractivity contribution in [1.82, 2.24) is 5.43 Å². The summed E-state index contributed by atoms with van der Waals surface area (Å²) in [6, 6.07) is 7.14. The van der Waals surface area contributed by atoms with Crippen molar-refractivity contribution < 1.29 is 5.21 Å². The van der Waals surface area contributed by atoms with E-state index in [0.717, 1.165) is 5.17 Å². The summed E-state index contributed by atoms with van der Waals surface area (Å²) in [6.45, 7) is 0. The minimum atomic E-state index is 0.177. The monoisotopic (exact) mass is 164 g/mol. The number of nitrogens with zero attached hydrogens (tertiary/aromatic N) is 2. The van der Waals surface area contributed by atoms with Crippen molar-refractivity contribution in [3.63, 3.8) is 0 Å². The average Bonchev–Trinajstić information content (AvgIpc) is 2.04. The average molecular weight is 164 g/mol. The van der Waals surface area contributed by atoms with Gasteiger partial charge in [-0.05, 0) is 12.1 Å². The summed E-state index contributed by atoms with van der Waals surface area (Å²) in [5.41, 5.74) is 9.07. The van der Waals surface area contributed by atoms with E-state index in [-0.39, 0.29) is 5.96 Å². The Morgan fingerprint density at radius 2 is 2.17 bits per heavy atom. The minimum absolute atomic E-state index is 0.177. The number of fused-ring (bicyclic) bond motifs is 1. The van der Waals surface area contributed by atoms with Crippen LogP contribution in [-0.2, 0) is 0 Å². The molecule has 0 spiro atoms. The van der Waals surface area contributed by atoms with Crippen molar-refractivity contribution in [2.24, 2.45) is 10.7 Å². The number of anilines is 1. The van der Waals surface area contributed by atoms with Gasteiger partial charge in [0.1, 0.15) is 5.69 Å². The summed E-state index contributed by atoms with van der Waals surface area (Å²) in [5, 5.41) is 10.1. The number of nitrogens with one attached hydrogen (secondary N) is 1. The highest BCUT2D eigenvalue weighted by Gasteiger charge is 2.13. The Kier molecular flexibility index (Phi) is 1.38. The van der Waals surface area contributed by atoms with Crippen molar-refractivity contribution in [3.05, 3.63) is 24.3 Å². The molecular formula is C7H8N4O. The molecule has 0 aliphatic carbocycles. The van der Waals surface area contributed by atoms with E-state index < -0.39 is 0 Å². The second-order valence-corrected chi connectivity index (χ2v) is 2.41. The summed E-state index contributed by atoms with van der Waals surface area (Å²) < 4.78 is 0. The highest BCUT2D eigenvalue weighted by molar-refractivity contribution is 5.88. The van der Waals surface area contributed by atoms with Crippen LogP contribution in [0.3, 0.4) is 0 Å². The number of nitrogens with two attached hydrogens (primary N) is 1. The smallest absolute Gasteiger partial charge is 0.215 e. The zero-order valence-corrected chi connectivity index (χ0v) is 6.23. The molecule has 62 valence electrons. The molecule has 0 aromatic heterocycles. The minimum Gasteiger partial charge on any atom is -0.368 e. The van der Waals surface area contributed by atoms with Crippen LogP contribution in [0.5, 0.6) is 0 Å². The first kappa shape index (κ1) is 6.93. The van der Waals surface area contributed by atoms with Gasteiger partial charge in [-0.1, -0.05) is 12.1 Å². The van der Waals surface area contributed by atoms with E-state index in [4.69, 9.17) is 5.73 Å². The van der Waals surface area contributed by atoms with Gasteiger partial charge >= 0.3 is 0 Å². The lowest BCUT2D eigenvalue weighted by molar-refractivity contribution is 0.234. The molecular weight excluding hydrogens is 156 g/mol. The third-order valence-corrected chi connectivity index (χ3v) is 1.57. The second kappa shape index (κ2) is 2.38. The zero-order chi connectivity index (χ0) is 8.55. The maximum absolute atomic E-state index is 9.29. The summed E-state index contributed by atoms with van der Waals surface area (Å²) in [4.78, 5) is 3.98. The summed E-state index contributed by atoms with van der Waals surface area (Å²) in [7, 11) is 0. The maximum atomic E-state index is 9.29. The quantitative estimate of drug-likeness (QED) is 0.517. The van der Waals surface area contributed by atoms with Gasteiger partial charge in [0.25, 0.3) is 0 Å². The fourth-order valence-electron chi connectivity index (χ4n) is 1.06. The van der Waals surface area contributed by atoms with E-state index in [0.29, 0.717) is 11.4 Å².